The molecule has 0 radical (unpaired) electrons. The van der Waals surface area contributed by atoms with Gasteiger partial charge in [0.15, 0.2) is 0 Å². The van der Waals surface area contributed by atoms with E-state index in [0.717, 1.165) is 5.56 Å². The number of carbonyl (C=O) groups excluding carboxylic acids is 2. The summed E-state index contributed by atoms with van der Waals surface area (Å²) in [6.45, 7) is 8.79. The number of hydrogen-bond donors (Lipinski definition) is 3. The van der Waals surface area contributed by atoms with E-state index in [1.807, 2.05) is 30.3 Å². The van der Waals surface area contributed by atoms with E-state index < -0.39 is 27.7 Å². The second-order valence-corrected chi connectivity index (χ2v) is 14.0. The van der Waals surface area contributed by atoms with Crippen LogP contribution in [0.3, 0.4) is 0 Å². The first-order valence-electron chi connectivity index (χ1n) is 14.0. The van der Waals surface area contributed by atoms with Crippen LogP contribution in [-0.4, -0.2) is 44.3 Å². The smallest absolute Gasteiger partial charge is 0.411 e. The van der Waals surface area contributed by atoms with E-state index in [4.69, 9.17) is 14.2 Å². The summed E-state index contributed by atoms with van der Waals surface area (Å²) in [5.74, 6) is 0.400. The molecule has 45 heavy (non-hydrogen) atoms. The quantitative estimate of drug-likeness (QED) is 0.162. The number of benzene rings is 3. The summed E-state index contributed by atoms with van der Waals surface area (Å²) in [5, 5.41) is 5.88. The highest BCUT2D eigenvalue weighted by molar-refractivity contribution is 7.89. The van der Waals surface area contributed by atoms with E-state index in [-0.39, 0.29) is 23.3 Å². The molecule has 11 nitrogen and oxygen atoms in total. The Hall–Kier alpha value is -4.46. The molecule has 238 valence electrons. The van der Waals surface area contributed by atoms with E-state index >= 15 is 0 Å². The summed E-state index contributed by atoms with van der Waals surface area (Å²) in [6, 6.07) is 19.0. The highest BCUT2D eigenvalue weighted by Gasteiger charge is 2.27. The van der Waals surface area contributed by atoms with Crippen molar-refractivity contribution >= 4 is 44.9 Å². The second-order valence-electron chi connectivity index (χ2n) is 11.3. The molecular formula is C32H36N4O7S2. The molecule has 1 aromatic heterocycles. The Morgan fingerprint density at radius 3 is 2.36 bits per heavy atom. The van der Waals surface area contributed by atoms with Crippen molar-refractivity contribution < 1.29 is 32.2 Å². The predicted octanol–water partition coefficient (Wildman–Crippen LogP) is 7.27. The largest absolute Gasteiger partial charge is 0.495 e. The van der Waals surface area contributed by atoms with E-state index in [1.54, 1.807) is 71.1 Å². The molecule has 0 saturated carbocycles. The van der Waals surface area contributed by atoms with Gasteiger partial charge < -0.3 is 14.2 Å². The van der Waals surface area contributed by atoms with Crippen LogP contribution >= 0.6 is 11.3 Å². The van der Waals surface area contributed by atoms with Gasteiger partial charge in [-0.3, -0.25) is 10.6 Å². The fraction of sp³-hybridized carbons (Fsp3) is 0.281. The predicted molar refractivity (Wildman–Crippen MR) is 175 cm³/mol. The number of nitrogens with one attached hydrogen (secondary N) is 3. The Kier molecular flexibility index (Phi) is 10.5. The lowest BCUT2D eigenvalue weighted by Gasteiger charge is -2.22. The molecule has 0 atom stereocenters. The normalized spacial score (nSPS) is 11.6. The molecule has 0 spiro atoms. The van der Waals surface area contributed by atoms with Crippen LogP contribution in [-0.2, 0) is 26.1 Å². The fourth-order valence-electron chi connectivity index (χ4n) is 4.17. The number of carbonyl (C=O) groups is 2. The van der Waals surface area contributed by atoms with Gasteiger partial charge in [-0.25, -0.2) is 27.7 Å². The Morgan fingerprint density at radius 2 is 1.69 bits per heavy atom. The summed E-state index contributed by atoms with van der Waals surface area (Å²) in [6.07, 6.45) is -0.0175. The van der Waals surface area contributed by atoms with Crippen molar-refractivity contribution in [2.75, 3.05) is 17.7 Å². The van der Waals surface area contributed by atoms with Gasteiger partial charge in [-0.15, -0.1) is 11.3 Å². The van der Waals surface area contributed by atoms with E-state index in [0.29, 0.717) is 32.4 Å². The van der Waals surface area contributed by atoms with Crippen LogP contribution in [0.25, 0.3) is 21.0 Å². The number of ether oxygens (including phenoxy) is 3. The average molecular weight is 653 g/mol. The third-order valence-electron chi connectivity index (χ3n) is 5.97. The van der Waals surface area contributed by atoms with Crippen LogP contribution in [0.15, 0.2) is 77.8 Å². The molecule has 4 rings (SSSR count). The molecule has 1 heterocycles. The Morgan fingerprint density at radius 1 is 0.956 bits per heavy atom. The molecular weight excluding hydrogens is 617 g/mol. The van der Waals surface area contributed by atoms with Crippen molar-refractivity contribution in [3.8, 4) is 26.8 Å². The molecule has 0 fully saturated rings. The molecule has 3 aromatic carbocycles. The molecule has 2 amide bonds. The maximum atomic E-state index is 13.6. The topological polar surface area (TPSA) is 145 Å². The second kappa shape index (κ2) is 14.1. The first-order chi connectivity index (χ1) is 21.2. The number of sulfonamides is 1. The molecule has 0 bridgehead atoms. The first-order valence-corrected chi connectivity index (χ1v) is 16.3. The zero-order valence-electron chi connectivity index (χ0n) is 25.8. The van der Waals surface area contributed by atoms with Crippen molar-refractivity contribution in [3.63, 3.8) is 0 Å². The van der Waals surface area contributed by atoms with E-state index in [1.165, 1.54) is 24.5 Å². The van der Waals surface area contributed by atoms with Gasteiger partial charge in [0.05, 0.1) is 28.7 Å². The molecule has 0 aliphatic rings. The summed E-state index contributed by atoms with van der Waals surface area (Å²) in [7, 11) is -2.55. The summed E-state index contributed by atoms with van der Waals surface area (Å²) < 4.78 is 45.8. The number of hydrogen-bond acceptors (Lipinski definition) is 9. The molecule has 0 saturated heterocycles. The Labute approximate surface area is 267 Å². The monoisotopic (exact) mass is 652 g/mol. The van der Waals surface area contributed by atoms with Gasteiger partial charge in [0.25, 0.3) is 0 Å². The molecule has 3 N–H and O–H groups in total. The molecule has 13 heteroatoms. The van der Waals surface area contributed by atoms with E-state index in [9.17, 15) is 18.0 Å². The average Bonchev–Trinajstić information content (AvgIpc) is 3.45. The Balaban J connectivity index is 1.63. The third-order valence-corrected chi connectivity index (χ3v) is 8.85. The fourth-order valence-corrected chi connectivity index (χ4v) is 6.86. The van der Waals surface area contributed by atoms with Gasteiger partial charge in [-0.1, -0.05) is 36.4 Å². The summed E-state index contributed by atoms with van der Waals surface area (Å²) >= 11 is 1.28. The van der Waals surface area contributed by atoms with Crippen LogP contribution in [0.5, 0.6) is 5.75 Å². The lowest BCUT2D eigenvalue weighted by molar-refractivity contribution is 0.130. The number of aromatic nitrogens is 1. The van der Waals surface area contributed by atoms with Crippen LogP contribution in [0.4, 0.5) is 21.0 Å². The highest BCUT2D eigenvalue weighted by Crippen LogP contribution is 2.39. The van der Waals surface area contributed by atoms with Gasteiger partial charge in [-0.2, -0.15) is 0 Å². The van der Waals surface area contributed by atoms with Gasteiger partial charge in [0.2, 0.25) is 10.0 Å². The van der Waals surface area contributed by atoms with Crippen molar-refractivity contribution in [1.82, 2.24) is 9.71 Å². The highest BCUT2D eigenvalue weighted by atomic mass is 32.2. The standard InChI is InChI=1S/C32H36N4O7S2/c1-20(2)43-31(38)35-25-15-12-22(16-26(25)41-6)29-33-18-27(44-29)24-14-13-23(17-28(24)45(39,40)36-32(3,4)5)34-30(37)42-19-21-10-8-7-9-11-21/h7-18,20,36H,19H2,1-6H3,(H,34,37)(H,35,38). The number of anilines is 2. The zero-order valence-corrected chi connectivity index (χ0v) is 27.5. The number of amides is 2. The SMILES string of the molecule is COc1cc(-c2ncc(-c3ccc(NC(=O)OCc4ccccc4)cc3S(=O)(=O)NC(C)(C)C)s2)ccc1NC(=O)OC(C)C. The minimum absolute atomic E-state index is 0.0331. The van der Waals surface area contributed by atoms with E-state index in [2.05, 4.69) is 20.3 Å². The van der Waals surface area contributed by atoms with Crippen molar-refractivity contribution in [2.24, 2.45) is 0 Å². The molecule has 0 aliphatic heterocycles. The lowest BCUT2D eigenvalue weighted by Crippen LogP contribution is -2.40. The maximum Gasteiger partial charge on any atom is 0.411 e. The third kappa shape index (κ3) is 9.27. The Bertz CT molecular complexity index is 1770. The van der Waals surface area contributed by atoms with Gasteiger partial charge >= 0.3 is 12.2 Å². The molecule has 4 aromatic rings. The molecule has 0 unspecified atom stereocenters. The lowest BCUT2D eigenvalue weighted by atomic mass is 10.1. The van der Waals surface area contributed by atoms with Crippen LogP contribution in [0.2, 0.25) is 0 Å². The summed E-state index contributed by atoms with van der Waals surface area (Å²) in [4.78, 5) is 29.7. The van der Waals surface area contributed by atoms with Crippen molar-refractivity contribution in [3.05, 3.63) is 78.5 Å². The minimum Gasteiger partial charge on any atom is -0.495 e. The van der Waals surface area contributed by atoms with Gasteiger partial charge in [0, 0.05) is 28.6 Å². The minimum atomic E-state index is -4.04. The zero-order chi connectivity index (χ0) is 32.8. The number of methoxy groups -OCH3 is 1. The number of nitrogens with zero attached hydrogens (tertiary/aromatic N) is 1. The number of rotatable bonds is 10. The maximum absolute atomic E-state index is 13.6. The van der Waals surface area contributed by atoms with Crippen LogP contribution in [0, 0.1) is 0 Å². The van der Waals surface area contributed by atoms with Crippen molar-refractivity contribution in [1.29, 1.82) is 0 Å². The first kappa shape index (κ1) is 33.4. The summed E-state index contributed by atoms with van der Waals surface area (Å²) in [5.41, 5.74) is 1.83. The molecule has 0 aliphatic carbocycles. The van der Waals surface area contributed by atoms with Gasteiger partial charge in [0.1, 0.15) is 17.4 Å². The number of thiazole rings is 1. The van der Waals surface area contributed by atoms with Gasteiger partial charge in [-0.05, 0) is 70.5 Å². The van der Waals surface area contributed by atoms with Crippen LogP contribution < -0.4 is 20.1 Å². The van der Waals surface area contributed by atoms with Crippen LogP contribution in [0.1, 0.15) is 40.2 Å². The van der Waals surface area contributed by atoms with Crippen molar-refractivity contribution in [2.45, 2.75) is 57.8 Å².